The summed E-state index contributed by atoms with van der Waals surface area (Å²) in [5, 5.41) is 5.55. The van der Waals surface area contributed by atoms with Crippen LogP contribution < -0.4 is 10.6 Å². The fourth-order valence-electron chi connectivity index (χ4n) is 5.36. The molecule has 33 heavy (non-hydrogen) atoms. The van der Waals surface area contributed by atoms with Crippen LogP contribution in [0.25, 0.3) is 0 Å². The predicted molar refractivity (Wildman–Crippen MR) is 121 cm³/mol. The zero-order valence-corrected chi connectivity index (χ0v) is 18.4. The van der Waals surface area contributed by atoms with E-state index in [1.54, 1.807) is 18.2 Å². The Kier molecular flexibility index (Phi) is 5.70. The van der Waals surface area contributed by atoms with Gasteiger partial charge in [-0.05, 0) is 54.5 Å². The minimum Gasteiger partial charge on any atom is -0.345 e. The number of benzene rings is 2. The van der Waals surface area contributed by atoms with Gasteiger partial charge < -0.3 is 10.2 Å². The third kappa shape index (κ3) is 4.15. The monoisotopic (exact) mass is 445 g/mol. The molecule has 2 heterocycles. The van der Waals surface area contributed by atoms with Crippen molar-refractivity contribution in [3.8, 4) is 0 Å². The average Bonchev–Trinajstić information content (AvgIpc) is 3.46. The third-order valence-corrected chi connectivity index (χ3v) is 7.10. The maximum Gasteiger partial charge on any atom is 0.255 e. The first-order valence-corrected chi connectivity index (χ1v) is 11.6. The summed E-state index contributed by atoms with van der Waals surface area (Å²) in [7, 11) is 0. The van der Waals surface area contributed by atoms with E-state index in [0.717, 1.165) is 24.0 Å². The number of amides is 4. The van der Waals surface area contributed by atoms with Crippen LogP contribution in [0.2, 0.25) is 0 Å². The maximum absolute atomic E-state index is 13.2. The number of hydrogen-bond acceptors (Lipinski definition) is 4. The zero-order valence-electron chi connectivity index (χ0n) is 18.4. The smallest absolute Gasteiger partial charge is 0.255 e. The van der Waals surface area contributed by atoms with Crippen molar-refractivity contribution in [3.63, 3.8) is 0 Å². The first kappa shape index (κ1) is 21.4. The van der Waals surface area contributed by atoms with Gasteiger partial charge in [-0.1, -0.05) is 43.2 Å². The van der Waals surface area contributed by atoms with Crippen LogP contribution in [0, 0.1) is 5.92 Å². The van der Waals surface area contributed by atoms with Crippen molar-refractivity contribution in [2.45, 2.75) is 57.2 Å². The molecule has 7 heteroatoms. The molecule has 1 aliphatic carbocycles. The van der Waals surface area contributed by atoms with Crippen molar-refractivity contribution < 1.29 is 19.2 Å². The van der Waals surface area contributed by atoms with Gasteiger partial charge in [-0.2, -0.15) is 0 Å². The largest absolute Gasteiger partial charge is 0.345 e. The lowest BCUT2D eigenvalue weighted by Crippen LogP contribution is -2.52. The number of nitrogens with one attached hydrogen (secondary N) is 2. The molecule has 2 aliphatic heterocycles. The molecule has 2 atom stereocenters. The Hall–Kier alpha value is -3.48. The van der Waals surface area contributed by atoms with Crippen molar-refractivity contribution in [1.82, 2.24) is 15.5 Å². The van der Waals surface area contributed by atoms with E-state index >= 15 is 0 Å². The summed E-state index contributed by atoms with van der Waals surface area (Å²) >= 11 is 0. The summed E-state index contributed by atoms with van der Waals surface area (Å²) in [5.74, 6) is -0.734. The van der Waals surface area contributed by atoms with Crippen LogP contribution in [0.3, 0.4) is 0 Å². The molecule has 1 unspecified atom stereocenters. The zero-order chi connectivity index (χ0) is 22.9. The summed E-state index contributed by atoms with van der Waals surface area (Å²) in [5.41, 5.74) is 2.85. The topological polar surface area (TPSA) is 95.6 Å². The number of fused-ring (bicyclic) bond motifs is 1. The van der Waals surface area contributed by atoms with E-state index in [0.29, 0.717) is 23.5 Å². The maximum atomic E-state index is 13.2. The SMILES string of the molecule is O=C1CCC(N2Cc3cc(C(=O)N[C@@H](c4ccccc4)C4CCCC4)ccc3C2=O)C(=O)N1. The van der Waals surface area contributed by atoms with Crippen molar-refractivity contribution in [3.05, 3.63) is 70.8 Å². The molecule has 3 aliphatic rings. The molecule has 0 spiro atoms. The number of imide groups is 1. The molecular formula is C26H27N3O4. The lowest BCUT2D eigenvalue weighted by atomic mass is 9.91. The Morgan fingerprint density at radius 2 is 1.76 bits per heavy atom. The summed E-state index contributed by atoms with van der Waals surface area (Å²) < 4.78 is 0. The van der Waals surface area contributed by atoms with Crippen LogP contribution in [-0.4, -0.2) is 34.6 Å². The highest BCUT2D eigenvalue weighted by Crippen LogP contribution is 2.36. The van der Waals surface area contributed by atoms with Gasteiger partial charge in [0.1, 0.15) is 6.04 Å². The van der Waals surface area contributed by atoms with Gasteiger partial charge in [0.2, 0.25) is 11.8 Å². The molecule has 5 rings (SSSR count). The molecule has 1 saturated heterocycles. The molecule has 170 valence electrons. The van der Waals surface area contributed by atoms with E-state index in [2.05, 4.69) is 22.8 Å². The summed E-state index contributed by atoms with van der Waals surface area (Å²) in [6.07, 6.45) is 5.09. The Bertz CT molecular complexity index is 1110. The predicted octanol–water partition coefficient (Wildman–Crippen LogP) is 3.11. The van der Waals surface area contributed by atoms with E-state index in [-0.39, 0.29) is 36.7 Å². The number of rotatable bonds is 5. The summed E-state index contributed by atoms with van der Waals surface area (Å²) in [4.78, 5) is 51.3. The second-order valence-corrected chi connectivity index (χ2v) is 9.18. The summed E-state index contributed by atoms with van der Waals surface area (Å²) in [6.45, 7) is 0.256. The second kappa shape index (κ2) is 8.81. The van der Waals surface area contributed by atoms with E-state index < -0.39 is 11.9 Å². The average molecular weight is 446 g/mol. The van der Waals surface area contributed by atoms with E-state index in [1.165, 1.54) is 17.7 Å². The van der Waals surface area contributed by atoms with Gasteiger partial charge in [-0.15, -0.1) is 0 Å². The van der Waals surface area contributed by atoms with Crippen LogP contribution >= 0.6 is 0 Å². The highest BCUT2D eigenvalue weighted by molar-refractivity contribution is 6.06. The van der Waals surface area contributed by atoms with Crippen molar-refractivity contribution in [2.75, 3.05) is 0 Å². The minimum absolute atomic E-state index is 0.0453. The van der Waals surface area contributed by atoms with E-state index in [1.807, 2.05) is 18.2 Å². The van der Waals surface area contributed by atoms with Crippen LogP contribution in [0.5, 0.6) is 0 Å². The van der Waals surface area contributed by atoms with Crippen molar-refractivity contribution in [1.29, 1.82) is 0 Å². The molecule has 0 aromatic heterocycles. The quantitative estimate of drug-likeness (QED) is 0.692. The van der Waals surface area contributed by atoms with Gasteiger partial charge in [-0.25, -0.2) is 0 Å². The fourth-order valence-corrected chi connectivity index (χ4v) is 5.36. The summed E-state index contributed by atoms with van der Waals surface area (Å²) in [6, 6.07) is 14.5. The number of piperidine rings is 1. The Balaban J connectivity index is 1.34. The lowest BCUT2D eigenvalue weighted by molar-refractivity contribution is -0.136. The number of hydrogen-bond donors (Lipinski definition) is 2. The molecule has 2 fully saturated rings. The van der Waals surface area contributed by atoms with Crippen LogP contribution in [0.15, 0.2) is 48.5 Å². The van der Waals surface area contributed by atoms with Gasteiger partial charge in [0.25, 0.3) is 11.8 Å². The van der Waals surface area contributed by atoms with Gasteiger partial charge in [0.15, 0.2) is 0 Å². The van der Waals surface area contributed by atoms with Gasteiger partial charge in [0.05, 0.1) is 6.04 Å². The molecule has 1 saturated carbocycles. The first-order chi connectivity index (χ1) is 16.0. The van der Waals surface area contributed by atoms with Gasteiger partial charge >= 0.3 is 0 Å². The highest BCUT2D eigenvalue weighted by atomic mass is 16.2. The van der Waals surface area contributed by atoms with E-state index in [9.17, 15) is 19.2 Å². The molecule has 2 aromatic carbocycles. The Morgan fingerprint density at radius 1 is 1.00 bits per heavy atom. The molecule has 0 bridgehead atoms. The number of carbonyl (C=O) groups excluding carboxylic acids is 4. The molecule has 2 N–H and O–H groups in total. The van der Waals surface area contributed by atoms with Crippen LogP contribution in [0.1, 0.15) is 76.4 Å². The Labute approximate surface area is 192 Å². The molecule has 0 radical (unpaired) electrons. The molecule has 2 aromatic rings. The van der Waals surface area contributed by atoms with Crippen LogP contribution in [0.4, 0.5) is 0 Å². The second-order valence-electron chi connectivity index (χ2n) is 9.18. The van der Waals surface area contributed by atoms with Crippen molar-refractivity contribution >= 4 is 23.6 Å². The standard InChI is InChI=1S/C26H27N3O4/c30-22-13-12-21(25(32)27-22)29-15-19-14-18(10-11-20(19)26(29)33)24(31)28-23(17-8-4-5-9-17)16-6-2-1-3-7-16/h1-3,6-7,10-11,14,17,21,23H,4-5,8-9,12-13,15H2,(H,28,31)(H,27,30,32)/t21?,23-/m0/s1. The first-order valence-electron chi connectivity index (χ1n) is 11.6. The number of carbonyl (C=O) groups is 4. The number of nitrogens with zero attached hydrogens (tertiary/aromatic N) is 1. The fraction of sp³-hybridized carbons (Fsp3) is 0.385. The highest BCUT2D eigenvalue weighted by Gasteiger charge is 2.39. The molecular weight excluding hydrogens is 418 g/mol. The van der Waals surface area contributed by atoms with Gasteiger partial charge in [-0.3, -0.25) is 24.5 Å². The lowest BCUT2D eigenvalue weighted by Gasteiger charge is -2.29. The molecule has 4 amide bonds. The van der Waals surface area contributed by atoms with E-state index in [4.69, 9.17) is 0 Å². The van der Waals surface area contributed by atoms with Gasteiger partial charge in [0, 0.05) is 24.1 Å². The minimum atomic E-state index is -0.662. The Morgan fingerprint density at radius 3 is 2.48 bits per heavy atom. The van der Waals surface area contributed by atoms with Crippen molar-refractivity contribution in [2.24, 2.45) is 5.92 Å². The van der Waals surface area contributed by atoms with Crippen LogP contribution in [-0.2, 0) is 16.1 Å². The molecule has 7 nitrogen and oxygen atoms in total. The third-order valence-electron chi connectivity index (χ3n) is 7.10. The normalized spacial score (nSPS) is 21.6.